The number of carbonyl (C=O) groups is 2. The highest BCUT2D eigenvalue weighted by atomic mass is 127. The van der Waals surface area contributed by atoms with E-state index in [-0.39, 0.29) is 36.0 Å². The van der Waals surface area contributed by atoms with Crippen LogP contribution in [-0.2, 0) is 11.3 Å². The topological polar surface area (TPSA) is 97.3 Å². The molecule has 1 atom stereocenters. The number of halogens is 2. The molecule has 0 aromatic carbocycles. The van der Waals surface area contributed by atoms with Crippen LogP contribution in [0.5, 0.6) is 5.88 Å². The summed E-state index contributed by atoms with van der Waals surface area (Å²) in [6.07, 6.45) is 3.34. The molecule has 0 radical (unpaired) electrons. The first-order valence-corrected chi connectivity index (χ1v) is 11.0. The summed E-state index contributed by atoms with van der Waals surface area (Å²) in [7, 11) is 1.66. The number of aromatic nitrogens is 3. The second-order valence-corrected chi connectivity index (χ2v) is 10.2. The second kappa shape index (κ2) is 9.41. The predicted molar refractivity (Wildman–Crippen MR) is 122 cm³/mol. The third-order valence-corrected chi connectivity index (χ3v) is 4.88. The van der Waals surface area contributed by atoms with E-state index >= 15 is 0 Å². The van der Waals surface area contributed by atoms with Gasteiger partial charge in [-0.1, -0.05) is 0 Å². The molecule has 8 nitrogen and oxygen atoms in total. The zero-order valence-corrected chi connectivity index (χ0v) is 20.1. The summed E-state index contributed by atoms with van der Waals surface area (Å²) in [5.74, 6) is 0.105. The maximum absolute atomic E-state index is 13.6. The Labute approximate surface area is 194 Å². The van der Waals surface area contributed by atoms with Crippen molar-refractivity contribution < 1.29 is 18.7 Å². The highest BCUT2D eigenvalue weighted by Crippen LogP contribution is 2.29. The first-order valence-electron chi connectivity index (χ1n) is 9.90. The van der Waals surface area contributed by atoms with Gasteiger partial charge in [-0.25, -0.2) is 19.3 Å². The van der Waals surface area contributed by atoms with E-state index in [0.717, 1.165) is 24.0 Å². The maximum atomic E-state index is 13.6. The summed E-state index contributed by atoms with van der Waals surface area (Å²) in [5.41, 5.74) is 2.34. The van der Waals surface area contributed by atoms with Crippen LogP contribution in [0.3, 0.4) is 0 Å². The van der Waals surface area contributed by atoms with Gasteiger partial charge >= 0.3 is 0 Å². The highest BCUT2D eigenvalue weighted by Gasteiger charge is 2.30. The normalized spacial score (nSPS) is 15.2. The summed E-state index contributed by atoms with van der Waals surface area (Å²) in [6.45, 7) is 5.18. The van der Waals surface area contributed by atoms with Crippen molar-refractivity contribution in [2.75, 3.05) is 19.0 Å². The van der Waals surface area contributed by atoms with Crippen molar-refractivity contribution in [3.63, 3.8) is 0 Å². The minimum atomic E-state index is -1.48. The number of anilines is 1. The van der Waals surface area contributed by atoms with Gasteiger partial charge in [-0.2, -0.15) is 0 Å². The molecular formula is C21H25FIN5O3. The Balaban J connectivity index is 1.66. The predicted octanol–water partition coefficient (Wildman–Crippen LogP) is 3.61. The van der Waals surface area contributed by atoms with Crippen molar-refractivity contribution in [3.8, 4) is 5.88 Å². The number of pyridine rings is 1. The van der Waals surface area contributed by atoms with Gasteiger partial charge in [-0.15, -0.1) is 0 Å². The van der Waals surface area contributed by atoms with Gasteiger partial charge in [-0.3, -0.25) is 14.9 Å². The molecule has 0 unspecified atom stereocenters. The van der Waals surface area contributed by atoms with Gasteiger partial charge in [0, 0.05) is 37.0 Å². The molecule has 0 bridgehead atoms. The van der Waals surface area contributed by atoms with Gasteiger partial charge < -0.3 is 9.64 Å². The van der Waals surface area contributed by atoms with Gasteiger partial charge in [-0.05, 0) is 73.9 Å². The maximum Gasteiger partial charge on any atom is 0.272 e. The number of carbonyl (C=O) groups excluding carboxylic acids is 2. The lowest BCUT2D eigenvalue weighted by Crippen LogP contribution is -2.28. The first kappa shape index (κ1) is 23.3. The third kappa shape index (κ3) is 6.81. The van der Waals surface area contributed by atoms with Gasteiger partial charge in [0.1, 0.15) is 12.3 Å². The van der Waals surface area contributed by atoms with Crippen molar-refractivity contribution in [1.29, 1.82) is 0 Å². The Bertz CT molecular complexity index is 991. The standard InChI is InChI=1S/C21H25FIN5O3/c1-12-7-14(9-24-18(12)31-11-21(3,22)23)10-28(4)19(30)16-8-13(2)25-20(26-16)27-17(29)15-5-6-15/h7-9,15H,5-6,10-11H2,1-4H3,(H,25,26,27,29)/t21-/m1/s1. The minimum absolute atomic E-state index is 0.0177. The van der Waals surface area contributed by atoms with Crippen LogP contribution in [0.1, 0.15) is 47.1 Å². The fraction of sp³-hybridized carbons (Fsp3) is 0.476. The van der Waals surface area contributed by atoms with E-state index in [2.05, 4.69) is 20.3 Å². The molecule has 1 fully saturated rings. The Morgan fingerprint density at radius 1 is 1.32 bits per heavy atom. The Kier molecular flexibility index (Phi) is 7.07. The van der Waals surface area contributed by atoms with Crippen LogP contribution in [0.15, 0.2) is 18.3 Å². The summed E-state index contributed by atoms with van der Waals surface area (Å²) < 4.78 is 17.6. The molecule has 0 saturated heterocycles. The van der Waals surface area contributed by atoms with E-state index < -0.39 is 3.68 Å². The van der Waals surface area contributed by atoms with Crippen LogP contribution in [0.2, 0.25) is 0 Å². The molecule has 2 heterocycles. The Morgan fingerprint density at radius 3 is 2.65 bits per heavy atom. The van der Waals surface area contributed by atoms with Crippen LogP contribution in [0.4, 0.5) is 10.3 Å². The molecule has 1 N–H and O–H groups in total. The van der Waals surface area contributed by atoms with Crippen LogP contribution in [0, 0.1) is 19.8 Å². The monoisotopic (exact) mass is 541 g/mol. The van der Waals surface area contributed by atoms with E-state index in [1.54, 1.807) is 48.8 Å². The SMILES string of the molecule is Cc1cc(C(=O)N(C)Cc2cnc(OC[C@](C)(F)I)c(C)c2)nc(NC(=O)C2CC2)n1. The summed E-state index contributed by atoms with van der Waals surface area (Å²) >= 11 is 1.67. The molecule has 0 aliphatic heterocycles. The molecular weight excluding hydrogens is 516 g/mol. The minimum Gasteiger partial charge on any atom is -0.473 e. The molecule has 1 aliphatic carbocycles. The number of alkyl halides is 2. The summed E-state index contributed by atoms with van der Waals surface area (Å²) in [4.78, 5) is 39.0. The third-order valence-electron chi connectivity index (χ3n) is 4.57. The number of hydrogen-bond acceptors (Lipinski definition) is 6. The van der Waals surface area contributed by atoms with E-state index in [4.69, 9.17) is 4.74 Å². The summed E-state index contributed by atoms with van der Waals surface area (Å²) in [6, 6.07) is 3.44. The van der Waals surface area contributed by atoms with Gasteiger partial charge in [0.25, 0.3) is 5.91 Å². The van der Waals surface area contributed by atoms with Crippen LogP contribution < -0.4 is 10.1 Å². The summed E-state index contributed by atoms with van der Waals surface area (Å²) in [5, 5.41) is 2.68. The molecule has 0 spiro atoms. The fourth-order valence-corrected chi connectivity index (χ4v) is 3.04. The van der Waals surface area contributed by atoms with Gasteiger partial charge in [0.2, 0.25) is 17.7 Å². The average molecular weight is 541 g/mol. The van der Waals surface area contributed by atoms with E-state index in [1.165, 1.54) is 11.8 Å². The number of ether oxygens (including phenoxy) is 1. The zero-order valence-electron chi connectivity index (χ0n) is 17.9. The number of nitrogens with one attached hydrogen (secondary N) is 1. The lowest BCUT2D eigenvalue weighted by molar-refractivity contribution is -0.117. The molecule has 31 heavy (non-hydrogen) atoms. The second-order valence-electron chi connectivity index (χ2n) is 7.97. The number of aryl methyl sites for hydroxylation is 2. The van der Waals surface area contributed by atoms with Crippen molar-refractivity contribution >= 4 is 40.4 Å². The van der Waals surface area contributed by atoms with Crippen molar-refractivity contribution in [2.45, 2.75) is 43.8 Å². The highest BCUT2D eigenvalue weighted by molar-refractivity contribution is 14.1. The molecule has 1 saturated carbocycles. The van der Waals surface area contributed by atoms with E-state index in [9.17, 15) is 14.0 Å². The first-order chi connectivity index (χ1) is 14.5. The van der Waals surface area contributed by atoms with Crippen LogP contribution in [0.25, 0.3) is 0 Å². The van der Waals surface area contributed by atoms with Gasteiger partial charge in [0.15, 0.2) is 3.68 Å². The lowest BCUT2D eigenvalue weighted by atomic mass is 10.2. The average Bonchev–Trinajstić information content (AvgIpc) is 3.51. The number of nitrogens with zero attached hydrogens (tertiary/aromatic N) is 4. The van der Waals surface area contributed by atoms with Crippen molar-refractivity contribution in [3.05, 3.63) is 40.8 Å². The van der Waals surface area contributed by atoms with Crippen LogP contribution in [-0.4, -0.2) is 49.0 Å². The smallest absolute Gasteiger partial charge is 0.272 e. The lowest BCUT2D eigenvalue weighted by Gasteiger charge is -2.18. The molecule has 2 aromatic heterocycles. The molecule has 166 valence electrons. The Morgan fingerprint density at radius 2 is 2.03 bits per heavy atom. The van der Waals surface area contributed by atoms with E-state index in [1.807, 2.05) is 13.0 Å². The van der Waals surface area contributed by atoms with E-state index in [0.29, 0.717) is 18.1 Å². The molecule has 3 rings (SSSR count). The molecule has 2 aromatic rings. The molecule has 1 aliphatic rings. The zero-order chi connectivity index (χ0) is 22.8. The van der Waals surface area contributed by atoms with Crippen molar-refractivity contribution in [1.82, 2.24) is 19.9 Å². The van der Waals surface area contributed by atoms with Crippen LogP contribution >= 0.6 is 22.6 Å². The number of rotatable bonds is 8. The largest absolute Gasteiger partial charge is 0.473 e. The quantitative estimate of drug-likeness (QED) is 0.405. The van der Waals surface area contributed by atoms with Gasteiger partial charge in [0.05, 0.1) is 0 Å². The number of amides is 2. The van der Waals surface area contributed by atoms with Crippen molar-refractivity contribution in [2.24, 2.45) is 5.92 Å². The Hall–Kier alpha value is -2.37. The fourth-order valence-electron chi connectivity index (χ4n) is 2.89. The molecule has 2 amide bonds. The number of hydrogen-bond donors (Lipinski definition) is 1. The molecule has 10 heteroatoms.